The molecule has 3 rings (SSSR count). The van der Waals surface area contributed by atoms with Crippen molar-refractivity contribution in [1.82, 2.24) is 0 Å². The Bertz CT molecular complexity index is 802. The number of hydrogen-bond donors (Lipinski definition) is 0. The summed E-state index contributed by atoms with van der Waals surface area (Å²) >= 11 is 1.85. The quantitative estimate of drug-likeness (QED) is 0.552. The third kappa shape index (κ3) is 3.86. The van der Waals surface area contributed by atoms with E-state index in [1.807, 2.05) is 11.8 Å². The van der Waals surface area contributed by atoms with Crippen molar-refractivity contribution in [3.63, 3.8) is 0 Å². The molecule has 2 aromatic carbocycles. The zero-order valence-corrected chi connectivity index (χ0v) is 18.0. The van der Waals surface area contributed by atoms with Crippen LogP contribution in [-0.2, 0) is 10.8 Å². The van der Waals surface area contributed by atoms with Crippen LogP contribution >= 0.6 is 11.8 Å². The molecule has 2 heteroatoms. The van der Waals surface area contributed by atoms with Crippen molar-refractivity contribution in [2.45, 2.75) is 59.3 Å². The van der Waals surface area contributed by atoms with Gasteiger partial charge in [-0.05, 0) is 45.4 Å². The second kappa shape index (κ2) is 6.81. The van der Waals surface area contributed by atoms with E-state index in [-0.39, 0.29) is 10.8 Å². The minimum atomic E-state index is 0.128. The van der Waals surface area contributed by atoms with Crippen molar-refractivity contribution < 1.29 is 0 Å². The highest BCUT2D eigenvalue weighted by molar-refractivity contribution is 8.02. The maximum absolute atomic E-state index is 2.39. The zero-order valence-electron chi connectivity index (χ0n) is 17.2. The van der Waals surface area contributed by atoms with E-state index in [1.165, 1.54) is 33.5 Å². The minimum Gasteiger partial charge on any atom is -0.337 e. The van der Waals surface area contributed by atoms with Gasteiger partial charge in [-0.25, -0.2) is 0 Å². The monoisotopic (exact) mass is 365 g/mol. The molecule has 0 saturated heterocycles. The number of para-hydroxylation sites is 1. The van der Waals surface area contributed by atoms with Gasteiger partial charge in [-0.1, -0.05) is 77.9 Å². The average molecular weight is 366 g/mol. The minimum absolute atomic E-state index is 0.128. The van der Waals surface area contributed by atoms with Crippen LogP contribution in [0.4, 0.5) is 5.69 Å². The van der Waals surface area contributed by atoms with Crippen molar-refractivity contribution in [3.8, 4) is 11.1 Å². The Morgan fingerprint density at radius 2 is 1.50 bits per heavy atom. The molecule has 2 aromatic rings. The lowest BCUT2D eigenvalue weighted by molar-refractivity contribution is 0.569. The van der Waals surface area contributed by atoms with Gasteiger partial charge in [0, 0.05) is 11.8 Å². The first-order valence-corrected chi connectivity index (χ1v) is 10.4. The van der Waals surface area contributed by atoms with Gasteiger partial charge in [-0.2, -0.15) is 0 Å². The van der Waals surface area contributed by atoms with E-state index in [9.17, 15) is 0 Å². The molecule has 0 unspecified atom stereocenters. The maximum atomic E-state index is 2.39. The first-order valence-electron chi connectivity index (χ1n) is 9.38. The number of hydrogen-bond acceptors (Lipinski definition) is 2. The summed E-state index contributed by atoms with van der Waals surface area (Å²) in [7, 11) is 0. The van der Waals surface area contributed by atoms with Gasteiger partial charge in [0.1, 0.15) is 0 Å². The SMILES string of the molecule is Cc1cccc(-c2cc(C(C)(C)C)cc(C(C)(C)C)c2)c1N1C=CSC1. The number of nitrogens with zero attached hydrogens (tertiary/aromatic N) is 1. The molecule has 0 N–H and O–H groups in total. The van der Waals surface area contributed by atoms with E-state index >= 15 is 0 Å². The second-order valence-electron chi connectivity index (χ2n) is 9.32. The molecule has 1 aliphatic heterocycles. The first-order chi connectivity index (χ1) is 12.1. The predicted molar refractivity (Wildman–Crippen MR) is 118 cm³/mol. The van der Waals surface area contributed by atoms with E-state index < -0.39 is 0 Å². The topological polar surface area (TPSA) is 3.24 Å². The Hall–Kier alpha value is -1.67. The number of anilines is 1. The molecule has 0 aromatic heterocycles. The smallest absolute Gasteiger partial charge is 0.0723 e. The summed E-state index contributed by atoms with van der Waals surface area (Å²) < 4.78 is 0. The van der Waals surface area contributed by atoms with Crippen LogP contribution in [-0.4, -0.2) is 5.88 Å². The summed E-state index contributed by atoms with van der Waals surface area (Å²) in [5, 5.41) is 2.18. The number of rotatable bonds is 2. The Morgan fingerprint density at radius 1 is 0.885 bits per heavy atom. The van der Waals surface area contributed by atoms with Gasteiger partial charge >= 0.3 is 0 Å². The van der Waals surface area contributed by atoms with Crippen LogP contribution in [0.2, 0.25) is 0 Å². The molecule has 0 spiro atoms. The lowest BCUT2D eigenvalue weighted by atomic mass is 9.78. The highest BCUT2D eigenvalue weighted by atomic mass is 32.2. The summed E-state index contributed by atoms with van der Waals surface area (Å²) in [6.45, 7) is 16.0. The highest BCUT2D eigenvalue weighted by Gasteiger charge is 2.23. The third-order valence-electron chi connectivity index (χ3n) is 5.05. The van der Waals surface area contributed by atoms with Crippen molar-refractivity contribution >= 4 is 17.4 Å². The van der Waals surface area contributed by atoms with Crippen LogP contribution < -0.4 is 4.90 Å². The van der Waals surface area contributed by atoms with Gasteiger partial charge < -0.3 is 4.90 Å². The summed E-state index contributed by atoms with van der Waals surface area (Å²) in [5.41, 5.74) is 8.37. The molecule has 1 aliphatic rings. The van der Waals surface area contributed by atoms with Crippen LogP contribution in [0.1, 0.15) is 58.2 Å². The zero-order chi connectivity index (χ0) is 19.1. The molecule has 0 amide bonds. The molecule has 1 nitrogen and oxygen atoms in total. The van der Waals surface area contributed by atoms with Crippen molar-refractivity contribution in [2.24, 2.45) is 0 Å². The number of thioether (sulfide) groups is 1. The van der Waals surface area contributed by atoms with Crippen LogP contribution in [0.25, 0.3) is 11.1 Å². The fourth-order valence-electron chi connectivity index (χ4n) is 3.34. The predicted octanol–water partition coefficient (Wildman–Crippen LogP) is 7.24. The maximum Gasteiger partial charge on any atom is 0.0723 e. The molecule has 138 valence electrons. The molecule has 1 heterocycles. The van der Waals surface area contributed by atoms with E-state index in [0.29, 0.717) is 0 Å². The molecule has 0 fully saturated rings. The fourth-order valence-corrected chi connectivity index (χ4v) is 4.04. The van der Waals surface area contributed by atoms with Gasteiger partial charge in [0.2, 0.25) is 0 Å². The molecule has 0 aliphatic carbocycles. The van der Waals surface area contributed by atoms with Gasteiger partial charge in [-0.3, -0.25) is 0 Å². The Labute approximate surface area is 163 Å². The molecule has 0 radical (unpaired) electrons. The van der Waals surface area contributed by atoms with E-state index in [2.05, 4.69) is 101 Å². The second-order valence-corrected chi connectivity index (χ2v) is 10.2. The van der Waals surface area contributed by atoms with Gasteiger partial charge in [-0.15, -0.1) is 11.8 Å². The summed E-state index contributed by atoms with van der Waals surface area (Å²) in [6, 6.07) is 13.8. The van der Waals surface area contributed by atoms with Crippen LogP contribution in [0.3, 0.4) is 0 Å². The Kier molecular flexibility index (Phi) is 5.00. The van der Waals surface area contributed by atoms with Crippen LogP contribution in [0.5, 0.6) is 0 Å². The summed E-state index contributed by atoms with van der Waals surface area (Å²) in [6.07, 6.45) is 2.20. The number of benzene rings is 2. The largest absolute Gasteiger partial charge is 0.337 e. The fraction of sp³-hybridized carbons (Fsp3) is 0.417. The molecule has 26 heavy (non-hydrogen) atoms. The molecule has 0 bridgehead atoms. The lowest BCUT2D eigenvalue weighted by Gasteiger charge is -2.28. The van der Waals surface area contributed by atoms with Gasteiger partial charge in [0.25, 0.3) is 0 Å². The van der Waals surface area contributed by atoms with E-state index in [1.54, 1.807) is 0 Å². The van der Waals surface area contributed by atoms with E-state index in [0.717, 1.165) is 5.88 Å². The summed E-state index contributed by atoms with van der Waals surface area (Å²) in [5.74, 6) is 0.989. The Balaban J connectivity index is 2.24. The van der Waals surface area contributed by atoms with E-state index in [4.69, 9.17) is 0 Å². The van der Waals surface area contributed by atoms with Crippen LogP contribution in [0, 0.1) is 6.92 Å². The molecular formula is C24H31NS. The van der Waals surface area contributed by atoms with Crippen molar-refractivity contribution in [2.75, 3.05) is 10.8 Å². The van der Waals surface area contributed by atoms with Crippen molar-refractivity contribution in [3.05, 3.63) is 64.7 Å². The Morgan fingerprint density at radius 3 is 2.00 bits per heavy atom. The van der Waals surface area contributed by atoms with Crippen LogP contribution in [0.15, 0.2) is 48.0 Å². The normalized spacial score (nSPS) is 15.0. The first kappa shape index (κ1) is 19.1. The highest BCUT2D eigenvalue weighted by Crippen LogP contribution is 2.40. The third-order valence-corrected chi connectivity index (χ3v) is 5.79. The molecular weight excluding hydrogens is 334 g/mol. The lowest BCUT2D eigenvalue weighted by Crippen LogP contribution is -2.17. The number of aryl methyl sites for hydroxylation is 1. The summed E-state index contributed by atoms with van der Waals surface area (Å²) in [4.78, 5) is 2.37. The molecule has 0 saturated carbocycles. The standard InChI is InChI=1S/C24H31NS/c1-17-9-8-10-21(22(17)25-11-12-26-16-25)18-13-19(23(2,3)4)15-20(14-18)24(5,6)7/h8-15H,16H2,1-7H3. The molecule has 0 atom stereocenters. The van der Waals surface area contributed by atoms with Crippen molar-refractivity contribution in [1.29, 1.82) is 0 Å². The van der Waals surface area contributed by atoms with Gasteiger partial charge in [0.15, 0.2) is 0 Å². The van der Waals surface area contributed by atoms with Gasteiger partial charge in [0.05, 0.1) is 11.6 Å². The average Bonchev–Trinajstić information content (AvgIpc) is 3.06.